The summed E-state index contributed by atoms with van der Waals surface area (Å²) >= 11 is 0. The van der Waals surface area contributed by atoms with E-state index in [-0.39, 0.29) is 5.41 Å². The fourth-order valence-corrected chi connectivity index (χ4v) is 6.62. The molecule has 0 N–H and O–H groups in total. The monoisotopic (exact) mass is 513 g/mol. The minimum Gasteiger partial charge on any atom is -0.454 e. The average Bonchev–Trinajstić information content (AvgIpc) is 3.53. The summed E-state index contributed by atoms with van der Waals surface area (Å²) in [6.07, 6.45) is 0. The maximum Gasteiger partial charge on any atom is 0.159 e. The normalized spacial score (nSPS) is 13.3. The van der Waals surface area contributed by atoms with E-state index in [2.05, 4.69) is 157 Å². The van der Waals surface area contributed by atoms with E-state index in [1.54, 1.807) is 0 Å². The van der Waals surface area contributed by atoms with Crippen LogP contribution >= 0.6 is 0 Å². The Morgan fingerprint density at radius 1 is 0.525 bits per heavy atom. The van der Waals surface area contributed by atoms with Crippen LogP contribution < -0.4 is 4.90 Å². The van der Waals surface area contributed by atoms with E-state index < -0.39 is 0 Å². The second kappa shape index (κ2) is 8.72. The smallest absolute Gasteiger partial charge is 0.159 e. The molecule has 0 aliphatic heterocycles. The van der Waals surface area contributed by atoms with Crippen molar-refractivity contribution < 1.29 is 4.42 Å². The Morgan fingerprint density at radius 2 is 1.10 bits per heavy atom. The highest BCUT2D eigenvalue weighted by molar-refractivity contribution is 6.10. The van der Waals surface area contributed by atoms with Crippen LogP contribution in [0, 0.1) is 0 Å². The van der Waals surface area contributed by atoms with Crippen molar-refractivity contribution in [3.8, 4) is 11.1 Å². The minimum absolute atomic E-state index is 0.261. The van der Waals surface area contributed by atoms with Crippen LogP contribution in [0.3, 0.4) is 0 Å². The molecule has 0 atom stereocenters. The summed E-state index contributed by atoms with van der Waals surface area (Å²) in [6.45, 7) is 2.35. The predicted molar refractivity (Wildman–Crippen MR) is 166 cm³/mol. The van der Waals surface area contributed by atoms with E-state index in [1.165, 1.54) is 27.8 Å². The maximum atomic E-state index is 6.79. The van der Waals surface area contributed by atoms with E-state index >= 15 is 0 Å². The molecule has 0 saturated carbocycles. The third-order valence-electron chi connectivity index (χ3n) is 8.55. The number of benzene rings is 6. The number of rotatable bonds is 4. The number of hydrogen-bond acceptors (Lipinski definition) is 2. The quantitative estimate of drug-likeness (QED) is 0.233. The first-order valence-electron chi connectivity index (χ1n) is 13.8. The topological polar surface area (TPSA) is 16.4 Å². The minimum atomic E-state index is -0.261. The van der Waals surface area contributed by atoms with Crippen molar-refractivity contribution in [1.82, 2.24) is 0 Å². The third kappa shape index (κ3) is 3.23. The molecule has 1 aliphatic carbocycles. The summed E-state index contributed by atoms with van der Waals surface area (Å²) in [7, 11) is 0. The lowest BCUT2D eigenvalue weighted by Crippen LogP contribution is -2.22. The van der Waals surface area contributed by atoms with Crippen LogP contribution in [0.5, 0.6) is 0 Å². The van der Waals surface area contributed by atoms with E-state index in [9.17, 15) is 0 Å². The van der Waals surface area contributed by atoms with Gasteiger partial charge in [-0.2, -0.15) is 0 Å². The summed E-state index contributed by atoms with van der Waals surface area (Å²) in [5, 5.41) is 2.25. The highest BCUT2D eigenvalue weighted by Crippen LogP contribution is 2.53. The third-order valence-corrected chi connectivity index (χ3v) is 8.55. The number of fused-ring (bicyclic) bond motifs is 6. The zero-order valence-corrected chi connectivity index (χ0v) is 22.2. The van der Waals surface area contributed by atoms with Crippen LogP contribution in [0.15, 0.2) is 150 Å². The molecule has 190 valence electrons. The SMILES string of the molecule is CC1(c2ccc3c(c2)oc2c(N(c4ccccc4)c4ccccc4)cccc23)c2ccccc2-c2ccccc21. The number of anilines is 3. The van der Waals surface area contributed by atoms with E-state index in [0.29, 0.717) is 0 Å². The molecule has 0 bridgehead atoms. The second-order valence-electron chi connectivity index (χ2n) is 10.7. The van der Waals surface area contributed by atoms with Crippen LogP contribution in [0.25, 0.3) is 33.1 Å². The highest BCUT2D eigenvalue weighted by Gasteiger charge is 2.40. The van der Waals surface area contributed by atoms with Crippen LogP contribution in [0.1, 0.15) is 23.6 Å². The van der Waals surface area contributed by atoms with Gasteiger partial charge in [-0.1, -0.05) is 109 Å². The highest BCUT2D eigenvalue weighted by atomic mass is 16.3. The van der Waals surface area contributed by atoms with Crippen molar-refractivity contribution in [2.75, 3.05) is 4.90 Å². The lowest BCUT2D eigenvalue weighted by molar-refractivity contribution is 0.662. The van der Waals surface area contributed by atoms with Crippen LogP contribution in [0.4, 0.5) is 17.1 Å². The molecule has 1 aliphatic rings. The van der Waals surface area contributed by atoms with Gasteiger partial charge in [0.2, 0.25) is 0 Å². The Labute approximate surface area is 233 Å². The van der Waals surface area contributed by atoms with E-state index in [0.717, 1.165) is 39.0 Å². The Kier molecular flexibility index (Phi) is 4.99. The number of para-hydroxylation sites is 3. The van der Waals surface area contributed by atoms with Gasteiger partial charge < -0.3 is 9.32 Å². The Bertz CT molecular complexity index is 1940. The van der Waals surface area contributed by atoms with Crippen molar-refractivity contribution in [3.05, 3.63) is 162 Å². The standard InChI is InChI=1S/C38H27NO/c1-38(33-20-10-8-17-29(33)30-18-9-11-21-34(30)38)26-23-24-31-32-19-12-22-35(37(32)40-36(31)25-26)39(27-13-4-2-5-14-27)28-15-6-3-7-16-28/h2-25H,1H3. The summed E-state index contributed by atoms with van der Waals surface area (Å²) < 4.78 is 6.79. The van der Waals surface area contributed by atoms with Crippen molar-refractivity contribution in [2.24, 2.45) is 0 Å². The van der Waals surface area contributed by atoms with E-state index in [4.69, 9.17) is 4.42 Å². The maximum absolute atomic E-state index is 6.79. The molecule has 6 aromatic carbocycles. The molecule has 0 saturated heterocycles. The molecule has 1 aromatic heterocycles. The zero-order chi connectivity index (χ0) is 26.7. The van der Waals surface area contributed by atoms with Crippen molar-refractivity contribution in [3.63, 3.8) is 0 Å². The molecular weight excluding hydrogens is 486 g/mol. The number of furan rings is 1. The first-order valence-corrected chi connectivity index (χ1v) is 13.8. The van der Waals surface area contributed by atoms with Gasteiger partial charge in [0, 0.05) is 27.6 Å². The van der Waals surface area contributed by atoms with Gasteiger partial charge in [-0.3, -0.25) is 0 Å². The first kappa shape index (κ1) is 22.9. The number of nitrogens with zero attached hydrogens (tertiary/aromatic N) is 1. The molecule has 0 amide bonds. The fourth-order valence-electron chi connectivity index (χ4n) is 6.62. The lowest BCUT2D eigenvalue weighted by atomic mass is 9.74. The summed E-state index contributed by atoms with van der Waals surface area (Å²) in [5.74, 6) is 0. The Hall–Kier alpha value is -5.08. The van der Waals surface area contributed by atoms with Gasteiger partial charge in [0.15, 0.2) is 5.58 Å². The van der Waals surface area contributed by atoms with Gasteiger partial charge in [-0.15, -0.1) is 0 Å². The van der Waals surface area contributed by atoms with Crippen LogP contribution in [-0.4, -0.2) is 0 Å². The zero-order valence-electron chi connectivity index (χ0n) is 22.2. The summed E-state index contributed by atoms with van der Waals surface area (Å²) in [4.78, 5) is 2.27. The van der Waals surface area contributed by atoms with E-state index in [1.807, 2.05) is 0 Å². The Morgan fingerprint density at radius 3 is 1.73 bits per heavy atom. The lowest BCUT2D eigenvalue weighted by Gasteiger charge is -2.28. The molecule has 2 nitrogen and oxygen atoms in total. The van der Waals surface area contributed by atoms with Gasteiger partial charge in [0.1, 0.15) is 5.58 Å². The van der Waals surface area contributed by atoms with Crippen molar-refractivity contribution in [1.29, 1.82) is 0 Å². The van der Waals surface area contributed by atoms with Gasteiger partial charge in [0.25, 0.3) is 0 Å². The molecule has 0 fully saturated rings. The first-order chi connectivity index (χ1) is 19.7. The van der Waals surface area contributed by atoms with Crippen LogP contribution in [0.2, 0.25) is 0 Å². The van der Waals surface area contributed by atoms with Crippen LogP contribution in [-0.2, 0) is 5.41 Å². The van der Waals surface area contributed by atoms with Gasteiger partial charge in [0.05, 0.1) is 5.69 Å². The van der Waals surface area contributed by atoms with Crippen molar-refractivity contribution in [2.45, 2.75) is 12.3 Å². The molecule has 0 spiro atoms. The Balaban J connectivity index is 1.35. The fraction of sp³-hybridized carbons (Fsp3) is 0.0526. The summed E-state index contributed by atoms with van der Waals surface area (Å²) in [5.41, 5.74) is 11.3. The largest absolute Gasteiger partial charge is 0.454 e. The molecule has 0 radical (unpaired) electrons. The summed E-state index contributed by atoms with van der Waals surface area (Å²) in [6, 6.07) is 51.8. The van der Waals surface area contributed by atoms with Crippen molar-refractivity contribution >= 4 is 39.0 Å². The van der Waals surface area contributed by atoms with Gasteiger partial charge in [-0.05, 0) is 71.1 Å². The molecule has 40 heavy (non-hydrogen) atoms. The molecule has 1 heterocycles. The molecular formula is C38H27NO. The molecule has 0 unspecified atom stereocenters. The molecule has 8 rings (SSSR count). The predicted octanol–water partition coefficient (Wildman–Crippen LogP) is 10.4. The van der Waals surface area contributed by atoms with Gasteiger partial charge >= 0.3 is 0 Å². The molecule has 2 heteroatoms. The average molecular weight is 514 g/mol. The van der Waals surface area contributed by atoms with Gasteiger partial charge in [-0.25, -0.2) is 0 Å². The second-order valence-corrected chi connectivity index (χ2v) is 10.7. The number of hydrogen-bond donors (Lipinski definition) is 0. The molecule has 7 aromatic rings.